The highest BCUT2D eigenvalue weighted by molar-refractivity contribution is 7.47. The minimum absolute atomic E-state index is 0.0294. The van der Waals surface area contributed by atoms with Crippen molar-refractivity contribution in [3.05, 3.63) is 60.8 Å². The van der Waals surface area contributed by atoms with E-state index < -0.39 is 26.5 Å². The number of hydrogen-bond acceptors (Lipinski definition) is 7. The van der Waals surface area contributed by atoms with Gasteiger partial charge in [-0.15, -0.1) is 0 Å². The predicted octanol–water partition coefficient (Wildman–Crippen LogP) is 21.0. The summed E-state index contributed by atoms with van der Waals surface area (Å²) in [6.45, 7) is 4.33. The van der Waals surface area contributed by atoms with Crippen LogP contribution in [0.15, 0.2) is 60.8 Å². The van der Waals surface area contributed by atoms with Crippen LogP contribution < -0.4 is 0 Å². The van der Waals surface area contributed by atoms with Crippen molar-refractivity contribution < 1.29 is 42.1 Å². The molecule has 0 bridgehead atoms. The Labute approximate surface area is 483 Å². The van der Waals surface area contributed by atoms with Crippen LogP contribution in [0.4, 0.5) is 0 Å². The molecule has 456 valence electrons. The SMILES string of the molecule is CC/C=C\C/C=C\C/C=C\CCCCCCCCCC(=O)OC(COC(=O)CCCCCCCCCCCCCCCCCCCCCCCCCCC/C=C\C/C=C\CCCCCCC)COP(=O)(O)OCC[N+](C)(C)C. The minimum atomic E-state index is -4.39. The van der Waals surface area contributed by atoms with Crippen molar-refractivity contribution in [3.63, 3.8) is 0 Å². The maximum Gasteiger partial charge on any atom is 0.472 e. The van der Waals surface area contributed by atoms with Crippen LogP contribution in [0.1, 0.15) is 309 Å². The summed E-state index contributed by atoms with van der Waals surface area (Å²) in [6.07, 6.45) is 77.6. The van der Waals surface area contributed by atoms with Crippen LogP contribution in [0.5, 0.6) is 0 Å². The monoisotopic (exact) mass is 1120 g/mol. The van der Waals surface area contributed by atoms with Gasteiger partial charge < -0.3 is 18.9 Å². The Morgan fingerprint density at radius 1 is 0.410 bits per heavy atom. The Balaban J connectivity index is 3.92. The zero-order valence-corrected chi connectivity index (χ0v) is 52.8. The molecule has 0 heterocycles. The van der Waals surface area contributed by atoms with E-state index in [0.717, 1.165) is 70.6 Å². The predicted molar refractivity (Wildman–Crippen MR) is 335 cm³/mol. The molecule has 2 unspecified atom stereocenters. The van der Waals surface area contributed by atoms with Gasteiger partial charge in [-0.3, -0.25) is 18.6 Å². The molecule has 0 amide bonds. The summed E-state index contributed by atoms with van der Waals surface area (Å²) >= 11 is 0. The average molecular weight is 1120 g/mol. The van der Waals surface area contributed by atoms with Gasteiger partial charge in [-0.1, -0.05) is 280 Å². The summed E-state index contributed by atoms with van der Waals surface area (Å²) in [5.41, 5.74) is 0. The fraction of sp³-hybridized carbons (Fsp3) is 0.824. The van der Waals surface area contributed by atoms with Crippen LogP contribution in [0, 0.1) is 0 Å². The third-order valence-corrected chi connectivity index (χ3v) is 15.5. The van der Waals surface area contributed by atoms with Crippen LogP contribution in [-0.4, -0.2) is 74.9 Å². The molecule has 0 aromatic heterocycles. The summed E-state index contributed by atoms with van der Waals surface area (Å²) in [7, 11) is 1.48. The Kier molecular flexibility index (Phi) is 57.6. The van der Waals surface area contributed by atoms with Gasteiger partial charge in [0.05, 0.1) is 27.7 Å². The van der Waals surface area contributed by atoms with Crippen molar-refractivity contribution >= 4 is 19.8 Å². The standard InChI is InChI=1S/C68H126NO8P/c1-6-8-10-12-14-16-18-20-22-24-25-26-27-28-29-30-31-32-33-34-35-36-37-38-39-40-41-42-43-45-46-48-50-52-54-56-58-60-67(70)74-64-66(65-76-78(72,73)75-63-62-69(3,4)5)77-68(71)61-59-57-55-53-51-49-47-44-23-21-19-17-15-13-11-9-7-2/h9,11,15,17-18,20-21,23-25,66H,6-8,10,12-14,16,19,22,26-65H2,1-5H3/p+1/b11-9-,17-15-,20-18-,23-21-,25-24-. The molecule has 0 aliphatic heterocycles. The van der Waals surface area contributed by atoms with Crippen LogP contribution >= 0.6 is 7.82 Å². The lowest BCUT2D eigenvalue weighted by molar-refractivity contribution is -0.870. The first-order chi connectivity index (χ1) is 38.0. The van der Waals surface area contributed by atoms with Crippen LogP contribution in [0.25, 0.3) is 0 Å². The van der Waals surface area contributed by atoms with Gasteiger partial charge >= 0.3 is 19.8 Å². The van der Waals surface area contributed by atoms with E-state index in [0.29, 0.717) is 17.4 Å². The van der Waals surface area contributed by atoms with Crippen molar-refractivity contribution in [1.29, 1.82) is 0 Å². The molecule has 9 nitrogen and oxygen atoms in total. The molecule has 2 atom stereocenters. The van der Waals surface area contributed by atoms with Gasteiger partial charge in [0.25, 0.3) is 0 Å². The number of phosphoric ester groups is 1. The molecule has 0 fully saturated rings. The number of nitrogens with zero attached hydrogens (tertiary/aromatic N) is 1. The van der Waals surface area contributed by atoms with Crippen molar-refractivity contribution in [2.75, 3.05) is 47.5 Å². The molecule has 0 saturated heterocycles. The Morgan fingerprint density at radius 2 is 0.731 bits per heavy atom. The lowest BCUT2D eigenvalue weighted by atomic mass is 10.0. The Hall–Kier alpha value is -2.29. The second kappa shape index (κ2) is 59.3. The Morgan fingerprint density at radius 3 is 1.09 bits per heavy atom. The van der Waals surface area contributed by atoms with Gasteiger partial charge in [-0.05, 0) is 77.0 Å². The normalized spacial score (nSPS) is 13.6. The van der Waals surface area contributed by atoms with Crippen molar-refractivity contribution in [3.8, 4) is 0 Å². The number of rotatable bonds is 61. The van der Waals surface area contributed by atoms with Crippen molar-refractivity contribution in [2.45, 2.75) is 315 Å². The molecule has 1 N–H and O–H groups in total. The highest BCUT2D eigenvalue weighted by Crippen LogP contribution is 2.43. The molecule has 0 aliphatic carbocycles. The second-order valence-corrected chi connectivity index (χ2v) is 24.9. The zero-order valence-electron chi connectivity index (χ0n) is 51.9. The zero-order chi connectivity index (χ0) is 57.0. The van der Waals surface area contributed by atoms with E-state index in [1.165, 1.54) is 205 Å². The maximum absolute atomic E-state index is 12.8. The fourth-order valence-electron chi connectivity index (χ4n) is 9.48. The highest BCUT2D eigenvalue weighted by Gasteiger charge is 2.27. The maximum atomic E-state index is 12.8. The molecule has 0 saturated carbocycles. The van der Waals surface area contributed by atoms with E-state index in [9.17, 15) is 19.0 Å². The van der Waals surface area contributed by atoms with E-state index in [1.54, 1.807) is 0 Å². The molecular formula is C68H127NO8P+. The van der Waals surface area contributed by atoms with Crippen molar-refractivity contribution in [2.24, 2.45) is 0 Å². The first-order valence-electron chi connectivity index (χ1n) is 33.0. The lowest BCUT2D eigenvalue weighted by Crippen LogP contribution is -2.37. The number of carbonyl (C=O) groups is 2. The Bertz CT molecular complexity index is 1500. The first-order valence-corrected chi connectivity index (χ1v) is 34.5. The quantitative estimate of drug-likeness (QED) is 0.0211. The number of quaternary nitrogens is 1. The van der Waals surface area contributed by atoms with Crippen LogP contribution in [0.2, 0.25) is 0 Å². The number of carbonyl (C=O) groups excluding carboxylic acids is 2. The highest BCUT2D eigenvalue weighted by atomic mass is 31.2. The molecular weight excluding hydrogens is 990 g/mol. The number of unbranched alkanes of at least 4 members (excludes halogenated alkanes) is 37. The number of allylic oxidation sites excluding steroid dienone is 10. The molecule has 0 rings (SSSR count). The molecule has 0 spiro atoms. The van der Waals surface area contributed by atoms with E-state index in [2.05, 4.69) is 74.6 Å². The summed E-state index contributed by atoms with van der Waals surface area (Å²) in [5, 5.41) is 0. The number of phosphoric acid groups is 1. The van der Waals surface area contributed by atoms with Gasteiger partial charge in [-0.25, -0.2) is 4.57 Å². The molecule has 0 radical (unpaired) electrons. The molecule has 78 heavy (non-hydrogen) atoms. The van der Waals surface area contributed by atoms with Gasteiger partial charge in [0.15, 0.2) is 6.10 Å². The minimum Gasteiger partial charge on any atom is -0.462 e. The molecule has 0 aromatic rings. The largest absolute Gasteiger partial charge is 0.472 e. The van der Waals surface area contributed by atoms with E-state index in [4.69, 9.17) is 18.5 Å². The number of ether oxygens (including phenoxy) is 2. The number of esters is 2. The van der Waals surface area contributed by atoms with Crippen LogP contribution in [-0.2, 0) is 32.7 Å². The van der Waals surface area contributed by atoms with Gasteiger partial charge in [-0.2, -0.15) is 0 Å². The second-order valence-electron chi connectivity index (χ2n) is 23.5. The van der Waals surface area contributed by atoms with Gasteiger partial charge in [0, 0.05) is 12.8 Å². The fourth-order valence-corrected chi connectivity index (χ4v) is 10.2. The summed E-state index contributed by atoms with van der Waals surface area (Å²) in [4.78, 5) is 35.7. The van der Waals surface area contributed by atoms with E-state index >= 15 is 0 Å². The topological polar surface area (TPSA) is 108 Å². The number of hydrogen-bond donors (Lipinski definition) is 1. The van der Waals surface area contributed by atoms with Crippen molar-refractivity contribution in [1.82, 2.24) is 0 Å². The first kappa shape index (κ1) is 75.7. The van der Waals surface area contributed by atoms with E-state index in [1.807, 2.05) is 21.1 Å². The summed E-state index contributed by atoms with van der Waals surface area (Å²) in [5.74, 6) is -0.798. The number of likely N-dealkylation sites (N-methyl/N-ethyl adjacent to an activating group) is 1. The molecule has 0 aromatic carbocycles. The van der Waals surface area contributed by atoms with Gasteiger partial charge in [0.1, 0.15) is 19.8 Å². The summed E-state index contributed by atoms with van der Waals surface area (Å²) < 4.78 is 34.6. The van der Waals surface area contributed by atoms with Gasteiger partial charge in [0.2, 0.25) is 0 Å². The lowest BCUT2D eigenvalue weighted by Gasteiger charge is -2.24. The van der Waals surface area contributed by atoms with E-state index in [-0.39, 0.29) is 32.0 Å². The molecule has 10 heteroatoms. The molecule has 0 aliphatic rings. The average Bonchev–Trinajstić information content (AvgIpc) is 3.40. The third-order valence-electron chi connectivity index (χ3n) is 14.5. The third kappa shape index (κ3) is 62.9. The smallest absolute Gasteiger partial charge is 0.462 e. The summed E-state index contributed by atoms with van der Waals surface area (Å²) in [6, 6.07) is 0. The van der Waals surface area contributed by atoms with Crippen LogP contribution in [0.3, 0.4) is 0 Å².